The SMILES string of the molecule is NC1CC=C(c2cccc(C(F)(F)F)c2)CC1. The van der Waals surface area contributed by atoms with Gasteiger partial charge in [0.05, 0.1) is 5.56 Å². The van der Waals surface area contributed by atoms with Crippen LogP contribution in [0, 0.1) is 0 Å². The molecule has 92 valence electrons. The van der Waals surface area contributed by atoms with E-state index < -0.39 is 11.7 Å². The Balaban J connectivity index is 2.28. The van der Waals surface area contributed by atoms with Crippen molar-refractivity contribution in [2.75, 3.05) is 0 Å². The first-order valence-electron chi connectivity index (χ1n) is 5.59. The van der Waals surface area contributed by atoms with E-state index in [1.165, 1.54) is 12.1 Å². The molecule has 1 nitrogen and oxygen atoms in total. The summed E-state index contributed by atoms with van der Waals surface area (Å²) < 4.78 is 37.7. The van der Waals surface area contributed by atoms with Crippen molar-refractivity contribution >= 4 is 5.57 Å². The average Bonchev–Trinajstić information content (AvgIpc) is 2.29. The van der Waals surface area contributed by atoms with Gasteiger partial charge in [0.25, 0.3) is 0 Å². The van der Waals surface area contributed by atoms with Gasteiger partial charge in [-0.3, -0.25) is 0 Å². The molecule has 0 heterocycles. The van der Waals surface area contributed by atoms with E-state index in [2.05, 4.69) is 0 Å². The van der Waals surface area contributed by atoms with Gasteiger partial charge in [-0.2, -0.15) is 13.2 Å². The van der Waals surface area contributed by atoms with Gasteiger partial charge in [0.1, 0.15) is 0 Å². The van der Waals surface area contributed by atoms with Crippen LogP contribution in [0.15, 0.2) is 30.3 Å². The predicted molar refractivity (Wildman–Crippen MR) is 61.2 cm³/mol. The van der Waals surface area contributed by atoms with Crippen LogP contribution in [0.3, 0.4) is 0 Å². The van der Waals surface area contributed by atoms with E-state index in [4.69, 9.17) is 5.73 Å². The molecular weight excluding hydrogens is 227 g/mol. The molecule has 2 N–H and O–H groups in total. The molecule has 1 atom stereocenters. The summed E-state index contributed by atoms with van der Waals surface area (Å²) in [6.07, 6.45) is 0.00142. The molecule has 1 aromatic carbocycles. The van der Waals surface area contributed by atoms with Crippen LogP contribution < -0.4 is 5.73 Å². The molecule has 2 rings (SSSR count). The second kappa shape index (κ2) is 4.53. The summed E-state index contributed by atoms with van der Waals surface area (Å²) in [5, 5.41) is 0. The third kappa shape index (κ3) is 2.88. The third-order valence-corrected chi connectivity index (χ3v) is 3.01. The summed E-state index contributed by atoms with van der Waals surface area (Å²) in [5.41, 5.74) is 6.79. The van der Waals surface area contributed by atoms with E-state index in [1.807, 2.05) is 6.08 Å². The smallest absolute Gasteiger partial charge is 0.327 e. The van der Waals surface area contributed by atoms with Crippen molar-refractivity contribution in [3.8, 4) is 0 Å². The highest BCUT2D eigenvalue weighted by molar-refractivity contribution is 5.67. The fraction of sp³-hybridized carbons (Fsp3) is 0.385. The Hall–Kier alpha value is -1.29. The van der Waals surface area contributed by atoms with Gasteiger partial charge in [0.15, 0.2) is 0 Å². The van der Waals surface area contributed by atoms with Crippen LogP contribution in [0.25, 0.3) is 5.57 Å². The van der Waals surface area contributed by atoms with Gasteiger partial charge in [0, 0.05) is 6.04 Å². The number of rotatable bonds is 1. The molecule has 0 aromatic heterocycles. The number of allylic oxidation sites excluding steroid dienone is 1. The minimum atomic E-state index is -4.28. The van der Waals surface area contributed by atoms with E-state index in [0.717, 1.165) is 30.9 Å². The summed E-state index contributed by atoms with van der Waals surface area (Å²) in [6, 6.07) is 5.62. The Labute approximate surface area is 98.1 Å². The Bertz CT molecular complexity index is 435. The molecule has 0 aliphatic heterocycles. The lowest BCUT2D eigenvalue weighted by Crippen LogP contribution is -2.21. The van der Waals surface area contributed by atoms with Gasteiger partial charge < -0.3 is 5.73 Å². The Morgan fingerprint density at radius 3 is 2.59 bits per heavy atom. The van der Waals surface area contributed by atoms with E-state index in [9.17, 15) is 13.2 Å². The van der Waals surface area contributed by atoms with E-state index >= 15 is 0 Å². The predicted octanol–water partition coefficient (Wildman–Crippen LogP) is 3.60. The molecule has 0 saturated carbocycles. The van der Waals surface area contributed by atoms with Crippen LogP contribution in [-0.2, 0) is 6.18 Å². The standard InChI is InChI=1S/C13H14F3N/c14-13(15,16)11-3-1-2-10(8-11)9-4-6-12(17)7-5-9/h1-4,8,12H,5-7,17H2. The second-order valence-electron chi connectivity index (χ2n) is 4.34. The fourth-order valence-electron chi connectivity index (χ4n) is 2.01. The van der Waals surface area contributed by atoms with Crippen molar-refractivity contribution in [3.05, 3.63) is 41.5 Å². The van der Waals surface area contributed by atoms with Crippen molar-refractivity contribution < 1.29 is 13.2 Å². The van der Waals surface area contributed by atoms with Crippen molar-refractivity contribution in [3.63, 3.8) is 0 Å². The van der Waals surface area contributed by atoms with Gasteiger partial charge >= 0.3 is 6.18 Å². The zero-order chi connectivity index (χ0) is 12.5. The summed E-state index contributed by atoms with van der Waals surface area (Å²) in [4.78, 5) is 0. The highest BCUT2D eigenvalue weighted by Crippen LogP contribution is 2.33. The summed E-state index contributed by atoms with van der Waals surface area (Å²) >= 11 is 0. The Morgan fingerprint density at radius 2 is 2.00 bits per heavy atom. The monoisotopic (exact) mass is 241 g/mol. The molecule has 0 amide bonds. The summed E-state index contributed by atoms with van der Waals surface area (Å²) in [6.45, 7) is 0. The van der Waals surface area contributed by atoms with Crippen molar-refractivity contribution in [2.24, 2.45) is 5.73 Å². The lowest BCUT2D eigenvalue weighted by Gasteiger charge is -2.19. The highest BCUT2D eigenvalue weighted by Gasteiger charge is 2.30. The summed E-state index contributed by atoms with van der Waals surface area (Å²) in [7, 11) is 0. The largest absolute Gasteiger partial charge is 0.416 e. The Kier molecular flexibility index (Phi) is 3.24. The first kappa shape index (κ1) is 12.2. The normalized spacial score (nSPS) is 21.2. The van der Waals surface area contributed by atoms with Gasteiger partial charge in [0.2, 0.25) is 0 Å². The number of nitrogens with two attached hydrogens (primary N) is 1. The molecule has 0 spiro atoms. The maximum atomic E-state index is 12.6. The quantitative estimate of drug-likeness (QED) is 0.798. The van der Waals surface area contributed by atoms with E-state index in [-0.39, 0.29) is 6.04 Å². The molecule has 4 heteroatoms. The van der Waals surface area contributed by atoms with Crippen molar-refractivity contribution in [1.29, 1.82) is 0 Å². The third-order valence-electron chi connectivity index (χ3n) is 3.01. The molecule has 17 heavy (non-hydrogen) atoms. The fourth-order valence-corrected chi connectivity index (χ4v) is 2.01. The number of hydrogen-bond donors (Lipinski definition) is 1. The number of alkyl halides is 3. The molecular formula is C13H14F3N. The van der Waals surface area contributed by atoms with Crippen molar-refractivity contribution in [2.45, 2.75) is 31.5 Å². The van der Waals surface area contributed by atoms with Gasteiger partial charge in [-0.05, 0) is 42.5 Å². The zero-order valence-corrected chi connectivity index (χ0v) is 9.30. The molecule has 1 aromatic rings. The van der Waals surface area contributed by atoms with Gasteiger partial charge in [-0.15, -0.1) is 0 Å². The van der Waals surface area contributed by atoms with Crippen LogP contribution >= 0.6 is 0 Å². The van der Waals surface area contributed by atoms with Crippen LogP contribution in [-0.4, -0.2) is 6.04 Å². The number of hydrogen-bond acceptors (Lipinski definition) is 1. The summed E-state index contributed by atoms with van der Waals surface area (Å²) in [5.74, 6) is 0. The lowest BCUT2D eigenvalue weighted by molar-refractivity contribution is -0.137. The van der Waals surface area contributed by atoms with Crippen LogP contribution in [0.1, 0.15) is 30.4 Å². The molecule has 0 saturated heterocycles. The molecule has 0 radical (unpaired) electrons. The zero-order valence-electron chi connectivity index (χ0n) is 9.30. The first-order chi connectivity index (χ1) is 7.97. The van der Waals surface area contributed by atoms with E-state index in [1.54, 1.807) is 6.07 Å². The molecule has 1 aliphatic rings. The minimum Gasteiger partial charge on any atom is -0.327 e. The highest BCUT2D eigenvalue weighted by atomic mass is 19.4. The minimum absolute atomic E-state index is 0.143. The Morgan fingerprint density at radius 1 is 1.24 bits per heavy atom. The molecule has 1 aliphatic carbocycles. The van der Waals surface area contributed by atoms with Crippen LogP contribution in [0.4, 0.5) is 13.2 Å². The topological polar surface area (TPSA) is 26.0 Å². The van der Waals surface area contributed by atoms with Gasteiger partial charge in [-0.25, -0.2) is 0 Å². The van der Waals surface area contributed by atoms with Crippen LogP contribution in [0.5, 0.6) is 0 Å². The van der Waals surface area contributed by atoms with Gasteiger partial charge in [-0.1, -0.05) is 18.2 Å². The van der Waals surface area contributed by atoms with E-state index in [0.29, 0.717) is 5.56 Å². The lowest BCUT2D eigenvalue weighted by atomic mass is 9.90. The molecule has 0 bridgehead atoms. The number of halogens is 3. The number of benzene rings is 1. The molecule has 0 fully saturated rings. The maximum absolute atomic E-state index is 12.6. The second-order valence-corrected chi connectivity index (χ2v) is 4.34. The van der Waals surface area contributed by atoms with Crippen LogP contribution in [0.2, 0.25) is 0 Å². The molecule has 1 unspecified atom stereocenters. The average molecular weight is 241 g/mol. The maximum Gasteiger partial charge on any atom is 0.416 e. The van der Waals surface area contributed by atoms with Crippen molar-refractivity contribution in [1.82, 2.24) is 0 Å². The first-order valence-corrected chi connectivity index (χ1v) is 5.59.